The molecule has 0 fully saturated rings. The molecular formula is C16H16BrO3-. The molecule has 4 heteroatoms. The van der Waals surface area contributed by atoms with Gasteiger partial charge < -0.3 is 9.90 Å². The Morgan fingerprint density at radius 3 is 2.05 bits per heavy atom. The van der Waals surface area contributed by atoms with Crippen LogP contribution in [0.5, 0.6) is 0 Å². The number of carbonyl (C=O) groups excluding carboxylic acids is 2. The molecule has 0 saturated heterocycles. The first-order valence-electron chi connectivity index (χ1n) is 6.56. The van der Waals surface area contributed by atoms with E-state index in [0.29, 0.717) is 18.4 Å². The molecule has 2 rings (SSSR count). The van der Waals surface area contributed by atoms with Crippen molar-refractivity contribution >= 4 is 27.7 Å². The van der Waals surface area contributed by atoms with Crippen molar-refractivity contribution in [1.29, 1.82) is 0 Å². The molecule has 0 heterocycles. The third-order valence-electron chi connectivity index (χ3n) is 4.03. The van der Waals surface area contributed by atoms with Crippen LogP contribution in [0.3, 0.4) is 0 Å². The van der Waals surface area contributed by atoms with E-state index in [4.69, 9.17) is 0 Å². The fourth-order valence-corrected chi connectivity index (χ4v) is 2.91. The zero-order valence-electron chi connectivity index (χ0n) is 11.5. The van der Waals surface area contributed by atoms with Gasteiger partial charge in [0.1, 0.15) is 0 Å². The highest BCUT2D eigenvalue weighted by Crippen LogP contribution is 2.35. The first-order valence-corrected chi connectivity index (χ1v) is 7.35. The monoisotopic (exact) mass is 335 g/mol. The van der Waals surface area contributed by atoms with E-state index in [1.807, 2.05) is 13.8 Å². The Labute approximate surface area is 126 Å². The molecule has 1 aromatic carbocycles. The summed E-state index contributed by atoms with van der Waals surface area (Å²) in [5, 5.41) is 11.3. The average molecular weight is 336 g/mol. The van der Waals surface area contributed by atoms with Gasteiger partial charge in [-0.3, -0.25) is 4.79 Å². The molecule has 20 heavy (non-hydrogen) atoms. The predicted molar refractivity (Wildman–Crippen MR) is 78.1 cm³/mol. The summed E-state index contributed by atoms with van der Waals surface area (Å²) >= 11 is 3.32. The first-order chi connectivity index (χ1) is 9.40. The largest absolute Gasteiger partial charge is 0.550 e. The number of carboxylic acids is 1. The summed E-state index contributed by atoms with van der Waals surface area (Å²) in [7, 11) is 0. The third-order valence-corrected chi connectivity index (χ3v) is 4.56. The van der Waals surface area contributed by atoms with E-state index in [9.17, 15) is 14.7 Å². The third kappa shape index (κ3) is 3.01. The van der Waals surface area contributed by atoms with Gasteiger partial charge in [-0.2, -0.15) is 0 Å². The van der Waals surface area contributed by atoms with Crippen LogP contribution < -0.4 is 5.11 Å². The number of benzene rings is 1. The highest BCUT2D eigenvalue weighted by molar-refractivity contribution is 9.10. The second-order valence-corrected chi connectivity index (χ2v) is 6.29. The van der Waals surface area contributed by atoms with Gasteiger partial charge in [-0.05, 0) is 38.8 Å². The molecule has 1 aromatic rings. The molecule has 1 aliphatic rings. The zero-order valence-corrected chi connectivity index (χ0v) is 13.1. The quantitative estimate of drug-likeness (QED) is 0.630. The minimum Gasteiger partial charge on any atom is -0.550 e. The van der Waals surface area contributed by atoms with Gasteiger partial charge >= 0.3 is 0 Å². The topological polar surface area (TPSA) is 57.2 Å². The molecule has 0 radical (unpaired) electrons. The van der Waals surface area contributed by atoms with Gasteiger partial charge in [0.25, 0.3) is 0 Å². The predicted octanol–water partition coefficient (Wildman–Crippen LogP) is 2.74. The van der Waals surface area contributed by atoms with Crippen molar-refractivity contribution in [2.24, 2.45) is 11.8 Å². The lowest BCUT2D eigenvalue weighted by atomic mass is 9.73. The molecule has 0 amide bonds. The molecule has 0 N–H and O–H groups in total. The van der Waals surface area contributed by atoms with Crippen LogP contribution in [0.25, 0.3) is 0 Å². The molecule has 0 aromatic heterocycles. The minimum atomic E-state index is -1.13. The summed E-state index contributed by atoms with van der Waals surface area (Å²) in [5.41, 5.74) is 2.72. The summed E-state index contributed by atoms with van der Waals surface area (Å²) in [5.74, 6) is -2.49. The molecule has 0 unspecified atom stereocenters. The van der Waals surface area contributed by atoms with Crippen molar-refractivity contribution in [2.45, 2.75) is 26.7 Å². The minimum absolute atomic E-state index is 0.112. The van der Waals surface area contributed by atoms with E-state index in [2.05, 4.69) is 15.9 Å². The molecular weight excluding hydrogens is 320 g/mol. The van der Waals surface area contributed by atoms with E-state index in [1.165, 1.54) is 0 Å². The molecule has 106 valence electrons. The van der Waals surface area contributed by atoms with Gasteiger partial charge in [-0.25, -0.2) is 0 Å². The summed E-state index contributed by atoms with van der Waals surface area (Å²) in [6, 6.07) is 7.02. The van der Waals surface area contributed by atoms with Gasteiger partial charge in [-0.1, -0.05) is 39.2 Å². The Balaban J connectivity index is 2.31. The van der Waals surface area contributed by atoms with Gasteiger partial charge in [0, 0.05) is 27.8 Å². The van der Waals surface area contributed by atoms with Gasteiger partial charge in [-0.15, -0.1) is 0 Å². The molecule has 0 aliphatic heterocycles. The maximum Gasteiger partial charge on any atom is 0.166 e. The van der Waals surface area contributed by atoms with Crippen LogP contribution in [-0.4, -0.2) is 11.8 Å². The van der Waals surface area contributed by atoms with Crippen LogP contribution in [-0.2, 0) is 4.79 Å². The van der Waals surface area contributed by atoms with Crippen LogP contribution in [0.1, 0.15) is 37.0 Å². The molecule has 0 saturated carbocycles. The van der Waals surface area contributed by atoms with Crippen molar-refractivity contribution in [1.82, 2.24) is 0 Å². The van der Waals surface area contributed by atoms with Crippen LogP contribution in [0.4, 0.5) is 0 Å². The van der Waals surface area contributed by atoms with E-state index < -0.39 is 17.8 Å². The highest BCUT2D eigenvalue weighted by atomic mass is 79.9. The summed E-state index contributed by atoms with van der Waals surface area (Å²) in [6.07, 6.45) is 0.903. The molecule has 3 nitrogen and oxygen atoms in total. The summed E-state index contributed by atoms with van der Waals surface area (Å²) in [4.78, 5) is 23.9. The Hall–Kier alpha value is -1.42. The maximum absolute atomic E-state index is 12.5. The lowest BCUT2D eigenvalue weighted by Gasteiger charge is -2.32. The van der Waals surface area contributed by atoms with Gasteiger partial charge in [0.15, 0.2) is 5.78 Å². The van der Waals surface area contributed by atoms with Crippen molar-refractivity contribution in [3.05, 3.63) is 45.4 Å². The van der Waals surface area contributed by atoms with E-state index >= 15 is 0 Å². The van der Waals surface area contributed by atoms with Gasteiger partial charge in [0.2, 0.25) is 0 Å². The highest BCUT2D eigenvalue weighted by Gasteiger charge is 2.33. The number of aliphatic carboxylic acids is 1. The van der Waals surface area contributed by atoms with Crippen LogP contribution in [0.2, 0.25) is 0 Å². The second-order valence-electron chi connectivity index (χ2n) is 5.37. The zero-order chi connectivity index (χ0) is 14.9. The Morgan fingerprint density at radius 1 is 1.05 bits per heavy atom. The second kappa shape index (κ2) is 5.92. The van der Waals surface area contributed by atoms with E-state index in [-0.39, 0.29) is 5.78 Å². The first kappa shape index (κ1) is 15.0. The number of hydrogen-bond donors (Lipinski definition) is 0. The number of Topliss-reactive ketones (excluding diaryl/α,β-unsaturated/α-hetero) is 1. The average Bonchev–Trinajstić information content (AvgIpc) is 2.41. The fourth-order valence-electron chi connectivity index (χ4n) is 2.64. The van der Waals surface area contributed by atoms with Crippen molar-refractivity contribution < 1.29 is 14.7 Å². The number of carboxylic acid groups (broad SMARTS) is 1. The SMILES string of the molecule is CC1=C(C)C[C@H](C(=O)c2ccc(Br)cc2)[C@@H](C(=O)[O-])C1. The van der Waals surface area contributed by atoms with Crippen molar-refractivity contribution in [3.8, 4) is 0 Å². The lowest BCUT2D eigenvalue weighted by molar-refractivity contribution is -0.313. The normalized spacial score (nSPS) is 22.8. The number of ketones is 1. The number of hydrogen-bond acceptors (Lipinski definition) is 3. The Kier molecular flexibility index (Phi) is 4.43. The number of halogens is 1. The van der Waals surface area contributed by atoms with E-state index in [0.717, 1.165) is 15.6 Å². The number of rotatable bonds is 3. The van der Waals surface area contributed by atoms with Crippen LogP contribution >= 0.6 is 15.9 Å². The maximum atomic E-state index is 12.5. The standard InChI is InChI=1S/C16H17BrO3/c1-9-7-13(14(16(19)20)8-10(9)2)15(18)11-3-5-12(17)6-4-11/h3-6,13-14H,7-8H2,1-2H3,(H,19,20)/p-1/t13-,14-/m0/s1. The van der Waals surface area contributed by atoms with E-state index in [1.54, 1.807) is 24.3 Å². The van der Waals surface area contributed by atoms with Crippen LogP contribution in [0, 0.1) is 11.8 Å². The van der Waals surface area contributed by atoms with Crippen molar-refractivity contribution in [3.63, 3.8) is 0 Å². The molecule has 2 atom stereocenters. The fraction of sp³-hybridized carbons (Fsp3) is 0.375. The number of carbonyl (C=O) groups is 2. The summed E-state index contributed by atoms with van der Waals surface area (Å²) < 4.78 is 0.890. The molecule has 0 spiro atoms. The van der Waals surface area contributed by atoms with Gasteiger partial charge in [0.05, 0.1) is 0 Å². The smallest absolute Gasteiger partial charge is 0.166 e. The molecule has 0 bridgehead atoms. The van der Waals surface area contributed by atoms with Crippen molar-refractivity contribution in [2.75, 3.05) is 0 Å². The van der Waals surface area contributed by atoms with Crippen LogP contribution in [0.15, 0.2) is 39.9 Å². The summed E-state index contributed by atoms with van der Waals surface area (Å²) in [6.45, 7) is 3.88. The Bertz CT molecular complexity index is 572. The lowest BCUT2D eigenvalue weighted by Crippen LogP contribution is -2.41. The molecule has 1 aliphatic carbocycles. The Morgan fingerprint density at radius 2 is 1.55 bits per heavy atom. The number of allylic oxidation sites excluding steroid dienone is 2.